The Hall–Kier alpha value is -1.10. The maximum atomic E-state index is 12.1. The molecule has 0 aromatic heterocycles. The average Bonchev–Trinajstić information content (AvgIpc) is 3.00. The van der Waals surface area contributed by atoms with Gasteiger partial charge in [0.25, 0.3) is 0 Å². The number of rotatable bonds is 7. The van der Waals surface area contributed by atoms with Gasteiger partial charge in [-0.25, -0.2) is 0 Å². The Morgan fingerprint density at radius 3 is 2.06 bits per heavy atom. The van der Waals surface area contributed by atoms with Crippen molar-refractivity contribution >= 4 is 11.9 Å². The van der Waals surface area contributed by atoms with Gasteiger partial charge >= 0.3 is 5.97 Å². The summed E-state index contributed by atoms with van der Waals surface area (Å²) in [6.45, 7) is 7.96. The first-order chi connectivity index (χ1) is 8.34. The minimum absolute atomic E-state index is 0.0353. The van der Waals surface area contributed by atoms with E-state index in [0.29, 0.717) is 0 Å². The van der Waals surface area contributed by atoms with Crippen LogP contribution in [0.5, 0.6) is 0 Å². The normalized spacial score (nSPS) is 17.0. The third-order valence-corrected chi connectivity index (χ3v) is 3.23. The Morgan fingerprint density at radius 1 is 1.22 bits per heavy atom. The standard InChI is InChI=1S/C13H24N2O3/c1-8(2)15(9(3)4)11(16)7-14-12(13(17)18)10-5-6-10/h8-10,12,14H,5-7H2,1-4H3,(H,17,18). The number of carbonyl (C=O) groups excluding carboxylic acids is 1. The van der Waals surface area contributed by atoms with Crippen molar-refractivity contribution in [2.45, 2.75) is 58.7 Å². The zero-order chi connectivity index (χ0) is 13.9. The van der Waals surface area contributed by atoms with Gasteiger partial charge in [0.15, 0.2) is 0 Å². The number of carbonyl (C=O) groups is 2. The van der Waals surface area contributed by atoms with Crippen LogP contribution < -0.4 is 5.32 Å². The van der Waals surface area contributed by atoms with E-state index >= 15 is 0 Å². The number of nitrogens with zero attached hydrogens (tertiary/aromatic N) is 1. The van der Waals surface area contributed by atoms with E-state index in [1.165, 1.54) is 0 Å². The number of aliphatic carboxylic acids is 1. The molecule has 0 aromatic carbocycles. The quantitative estimate of drug-likeness (QED) is 0.715. The average molecular weight is 256 g/mol. The van der Waals surface area contributed by atoms with E-state index in [4.69, 9.17) is 5.11 Å². The van der Waals surface area contributed by atoms with E-state index < -0.39 is 12.0 Å². The highest BCUT2D eigenvalue weighted by Gasteiger charge is 2.36. The number of amides is 1. The van der Waals surface area contributed by atoms with Gasteiger partial charge in [-0.15, -0.1) is 0 Å². The molecule has 5 nitrogen and oxygen atoms in total. The van der Waals surface area contributed by atoms with Gasteiger partial charge in [-0.05, 0) is 46.5 Å². The molecule has 0 radical (unpaired) electrons. The smallest absolute Gasteiger partial charge is 0.320 e. The van der Waals surface area contributed by atoms with E-state index in [1.807, 2.05) is 27.7 Å². The molecule has 1 saturated carbocycles. The lowest BCUT2D eigenvalue weighted by atomic mass is 10.2. The summed E-state index contributed by atoms with van der Waals surface area (Å²) >= 11 is 0. The molecule has 2 N–H and O–H groups in total. The highest BCUT2D eigenvalue weighted by molar-refractivity contribution is 5.80. The number of hydrogen-bond donors (Lipinski definition) is 2. The van der Waals surface area contributed by atoms with Crippen molar-refractivity contribution in [3.05, 3.63) is 0 Å². The highest BCUT2D eigenvalue weighted by Crippen LogP contribution is 2.32. The summed E-state index contributed by atoms with van der Waals surface area (Å²) in [5, 5.41) is 11.9. The molecule has 1 atom stereocenters. The fourth-order valence-corrected chi connectivity index (χ4v) is 2.35. The molecular formula is C13H24N2O3. The lowest BCUT2D eigenvalue weighted by molar-refractivity contribution is -0.140. The fraction of sp³-hybridized carbons (Fsp3) is 0.846. The Balaban J connectivity index is 2.50. The number of hydrogen-bond acceptors (Lipinski definition) is 3. The van der Waals surface area contributed by atoms with Crippen molar-refractivity contribution in [1.29, 1.82) is 0 Å². The molecule has 0 spiro atoms. The van der Waals surface area contributed by atoms with Gasteiger partial charge in [0.1, 0.15) is 6.04 Å². The zero-order valence-electron chi connectivity index (χ0n) is 11.6. The van der Waals surface area contributed by atoms with E-state index in [9.17, 15) is 9.59 Å². The van der Waals surface area contributed by atoms with Crippen molar-refractivity contribution in [3.63, 3.8) is 0 Å². The van der Waals surface area contributed by atoms with Crippen LogP contribution in [0.15, 0.2) is 0 Å². The van der Waals surface area contributed by atoms with Gasteiger partial charge in [-0.2, -0.15) is 0 Å². The van der Waals surface area contributed by atoms with Crippen LogP contribution >= 0.6 is 0 Å². The zero-order valence-corrected chi connectivity index (χ0v) is 11.6. The highest BCUT2D eigenvalue weighted by atomic mass is 16.4. The molecule has 1 unspecified atom stereocenters. The van der Waals surface area contributed by atoms with Gasteiger partial charge in [0, 0.05) is 12.1 Å². The maximum Gasteiger partial charge on any atom is 0.320 e. The topological polar surface area (TPSA) is 69.6 Å². The minimum Gasteiger partial charge on any atom is -0.480 e. The van der Waals surface area contributed by atoms with Crippen molar-refractivity contribution in [2.75, 3.05) is 6.54 Å². The maximum absolute atomic E-state index is 12.1. The Morgan fingerprint density at radius 2 is 1.72 bits per heavy atom. The molecule has 0 aliphatic heterocycles. The van der Waals surface area contributed by atoms with Gasteiger partial charge in [-0.1, -0.05) is 0 Å². The number of carboxylic acid groups (broad SMARTS) is 1. The monoisotopic (exact) mass is 256 g/mol. The van der Waals surface area contributed by atoms with Gasteiger partial charge in [0.2, 0.25) is 5.91 Å². The minimum atomic E-state index is -0.856. The summed E-state index contributed by atoms with van der Waals surface area (Å²) in [7, 11) is 0. The predicted molar refractivity (Wildman–Crippen MR) is 69.3 cm³/mol. The summed E-state index contributed by atoms with van der Waals surface area (Å²) in [6, 6.07) is -0.317. The van der Waals surface area contributed by atoms with Crippen LogP contribution in [0, 0.1) is 5.92 Å². The predicted octanol–water partition coefficient (Wildman–Crippen LogP) is 1.08. The second-order valence-corrected chi connectivity index (χ2v) is 5.52. The molecule has 5 heteroatoms. The molecule has 0 saturated heterocycles. The third-order valence-electron chi connectivity index (χ3n) is 3.23. The number of nitrogens with one attached hydrogen (secondary N) is 1. The third kappa shape index (κ3) is 3.98. The molecular weight excluding hydrogens is 232 g/mol. The van der Waals surface area contributed by atoms with Crippen molar-refractivity contribution in [1.82, 2.24) is 10.2 Å². The van der Waals surface area contributed by atoms with Gasteiger partial charge in [0.05, 0.1) is 6.54 Å². The van der Waals surface area contributed by atoms with E-state index in [1.54, 1.807) is 4.90 Å². The van der Waals surface area contributed by atoms with Crippen LogP contribution in [-0.4, -0.2) is 46.6 Å². The second kappa shape index (κ2) is 6.18. The van der Waals surface area contributed by atoms with Gasteiger partial charge < -0.3 is 10.0 Å². The summed E-state index contributed by atoms with van der Waals surface area (Å²) in [5.74, 6) is -0.695. The molecule has 0 bridgehead atoms. The molecule has 1 amide bonds. The lowest BCUT2D eigenvalue weighted by Crippen LogP contribution is -2.49. The van der Waals surface area contributed by atoms with Crippen molar-refractivity contribution in [3.8, 4) is 0 Å². The first kappa shape index (κ1) is 15.0. The largest absolute Gasteiger partial charge is 0.480 e. The molecule has 0 heterocycles. The summed E-state index contributed by atoms with van der Waals surface area (Å²) in [4.78, 5) is 24.9. The molecule has 1 aliphatic rings. The van der Waals surface area contributed by atoms with Crippen LogP contribution in [0.2, 0.25) is 0 Å². The summed E-state index contributed by atoms with van der Waals surface area (Å²) < 4.78 is 0. The SMILES string of the molecule is CC(C)N(C(=O)CNC(C(=O)O)C1CC1)C(C)C. The number of carboxylic acids is 1. The molecule has 1 aliphatic carbocycles. The Kier molecular flexibility index (Phi) is 5.14. The van der Waals surface area contributed by atoms with Crippen molar-refractivity contribution in [2.24, 2.45) is 5.92 Å². The van der Waals surface area contributed by atoms with Crippen LogP contribution in [0.25, 0.3) is 0 Å². The Labute approximate surface area is 109 Å². The second-order valence-electron chi connectivity index (χ2n) is 5.52. The van der Waals surface area contributed by atoms with Gasteiger partial charge in [-0.3, -0.25) is 14.9 Å². The van der Waals surface area contributed by atoms with Crippen LogP contribution in [0.4, 0.5) is 0 Å². The van der Waals surface area contributed by atoms with E-state index in [-0.39, 0.29) is 30.5 Å². The van der Waals surface area contributed by atoms with E-state index in [2.05, 4.69) is 5.32 Å². The van der Waals surface area contributed by atoms with Crippen LogP contribution in [0.3, 0.4) is 0 Å². The fourth-order valence-electron chi connectivity index (χ4n) is 2.35. The molecule has 18 heavy (non-hydrogen) atoms. The van der Waals surface area contributed by atoms with Crippen LogP contribution in [-0.2, 0) is 9.59 Å². The molecule has 1 fully saturated rings. The first-order valence-corrected chi connectivity index (χ1v) is 6.62. The molecule has 0 aromatic rings. The van der Waals surface area contributed by atoms with E-state index in [0.717, 1.165) is 12.8 Å². The summed E-state index contributed by atoms with van der Waals surface area (Å²) in [6.07, 6.45) is 1.88. The lowest BCUT2D eigenvalue weighted by Gasteiger charge is -2.31. The molecule has 1 rings (SSSR count). The molecule has 104 valence electrons. The van der Waals surface area contributed by atoms with Crippen LogP contribution in [0.1, 0.15) is 40.5 Å². The Bertz CT molecular complexity index is 303. The van der Waals surface area contributed by atoms with Crippen molar-refractivity contribution < 1.29 is 14.7 Å². The first-order valence-electron chi connectivity index (χ1n) is 6.62. The summed E-state index contributed by atoms with van der Waals surface area (Å²) in [5.41, 5.74) is 0.